The lowest BCUT2D eigenvalue weighted by Crippen LogP contribution is -2.44. The van der Waals surface area contributed by atoms with Crippen LogP contribution in [0.4, 0.5) is 0 Å². The quantitative estimate of drug-likeness (QED) is 0.584. The molecule has 26 heavy (non-hydrogen) atoms. The highest BCUT2D eigenvalue weighted by atomic mass is 35.5. The molecular weight excluding hydrogens is 381 g/mol. The van der Waals surface area contributed by atoms with Gasteiger partial charge in [0.05, 0.1) is 29.6 Å². The minimum atomic E-state index is -1.27. The highest BCUT2D eigenvalue weighted by Crippen LogP contribution is 2.29. The van der Waals surface area contributed by atoms with Crippen LogP contribution in [0.25, 0.3) is 0 Å². The number of carbonyl (C=O) groups excluding carboxylic acids is 3. The Morgan fingerprint density at radius 3 is 2.42 bits per heavy atom. The fraction of sp³-hybridized carbons (Fsp3) is 0.389. The highest BCUT2D eigenvalue weighted by Gasteiger charge is 2.31. The maximum atomic E-state index is 12.7. The van der Waals surface area contributed by atoms with Crippen molar-refractivity contribution in [1.82, 2.24) is 5.32 Å². The lowest BCUT2D eigenvalue weighted by Gasteiger charge is -2.30. The Kier molecular flexibility index (Phi) is 7.06. The zero-order valence-corrected chi connectivity index (χ0v) is 15.5. The molecule has 1 aliphatic rings. The molecule has 0 saturated heterocycles. The van der Waals surface area contributed by atoms with E-state index in [-0.39, 0.29) is 24.3 Å². The van der Waals surface area contributed by atoms with Gasteiger partial charge >= 0.3 is 5.97 Å². The number of aliphatic carboxylic acids is 1. The van der Waals surface area contributed by atoms with Crippen molar-refractivity contribution in [2.75, 3.05) is 7.11 Å². The normalized spacial score (nSPS) is 20.3. The van der Waals surface area contributed by atoms with E-state index in [2.05, 4.69) is 10.1 Å². The molecule has 8 heteroatoms. The van der Waals surface area contributed by atoms with Gasteiger partial charge in [0.2, 0.25) is 5.91 Å². The molecule has 2 rings (SSSR count). The fourth-order valence-corrected chi connectivity index (χ4v) is 3.18. The number of rotatable bonds is 6. The number of halogens is 2. The van der Waals surface area contributed by atoms with E-state index in [0.29, 0.717) is 10.6 Å². The Hall–Kier alpha value is -2.05. The number of carbonyl (C=O) groups is 3. The number of hydrogen-bond donors (Lipinski definition) is 1. The van der Waals surface area contributed by atoms with Crippen molar-refractivity contribution in [2.24, 2.45) is 11.8 Å². The van der Waals surface area contributed by atoms with Crippen molar-refractivity contribution >= 4 is 41.0 Å². The summed E-state index contributed by atoms with van der Waals surface area (Å²) in [4.78, 5) is 35.7. The summed E-state index contributed by atoms with van der Waals surface area (Å²) in [5.41, 5.74) is 0.564. The second-order valence-electron chi connectivity index (χ2n) is 5.99. The van der Waals surface area contributed by atoms with Gasteiger partial charge in [0.1, 0.15) is 0 Å². The van der Waals surface area contributed by atoms with Crippen LogP contribution < -0.4 is 10.4 Å². The zero-order valence-electron chi connectivity index (χ0n) is 14.0. The number of allylic oxidation sites excluding steroid dienone is 2. The minimum absolute atomic E-state index is 0.126. The van der Waals surface area contributed by atoms with E-state index < -0.39 is 35.7 Å². The number of nitrogens with one attached hydrogen (secondary N) is 1. The fourth-order valence-electron chi connectivity index (χ4n) is 2.87. The van der Waals surface area contributed by atoms with E-state index in [0.717, 1.165) is 0 Å². The lowest BCUT2D eigenvalue weighted by atomic mass is 9.82. The van der Waals surface area contributed by atoms with Gasteiger partial charge in [0.25, 0.3) is 0 Å². The molecule has 3 atom stereocenters. The maximum absolute atomic E-state index is 12.7. The Morgan fingerprint density at radius 1 is 1.19 bits per heavy atom. The van der Waals surface area contributed by atoms with Gasteiger partial charge < -0.3 is 20.0 Å². The first-order valence-corrected chi connectivity index (χ1v) is 8.77. The van der Waals surface area contributed by atoms with E-state index in [1.807, 2.05) is 0 Å². The second kappa shape index (κ2) is 9.05. The van der Waals surface area contributed by atoms with E-state index in [1.54, 1.807) is 30.4 Å². The third-order valence-electron chi connectivity index (χ3n) is 4.33. The number of ether oxygens (including phenoxy) is 1. The number of hydrogen-bond acceptors (Lipinski definition) is 5. The molecular formula is C18H18Cl2NO5-. The molecule has 0 radical (unpaired) electrons. The van der Waals surface area contributed by atoms with Gasteiger partial charge in [-0.1, -0.05) is 41.4 Å². The van der Waals surface area contributed by atoms with Crippen LogP contribution in [0.2, 0.25) is 10.0 Å². The van der Waals surface area contributed by atoms with Crippen LogP contribution >= 0.6 is 23.2 Å². The second-order valence-corrected chi connectivity index (χ2v) is 6.80. The summed E-state index contributed by atoms with van der Waals surface area (Å²) in [7, 11) is 1.24. The molecule has 1 N–H and O–H groups in total. The minimum Gasteiger partial charge on any atom is -0.550 e. The number of benzene rings is 1. The summed E-state index contributed by atoms with van der Waals surface area (Å²) >= 11 is 11.9. The van der Waals surface area contributed by atoms with E-state index in [9.17, 15) is 19.5 Å². The van der Waals surface area contributed by atoms with Crippen LogP contribution in [0.15, 0.2) is 30.4 Å². The molecule has 0 saturated carbocycles. The zero-order chi connectivity index (χ0) is 19.3. The van der Waals surface area contributed by atoms with Gasteiger partial charge in [0.15, 0.2) is 0 Å². The Labute approximate surface area is 161 Å². The average Bonchev–Trinajstić information content (AvgIpc) is 2.63. The molecule has 6 nitrogen and oxygen atoms in total. The summed E-state index contributed by atoms with van der Waals surface area (Å²) in [6.45, 7) is 0. The van der Waals surface area contributed by atoms with Gasteiger partial charge in [0, 0.05) is 17.8 Å². The topological polar surface area (TPSA) is 95.5 Å². The largest absolute Gasteiger partial charge is 0.550 e. The average molecular weight is 399 g/mol. The molecule has 1 aromatic carbocycles. The van der Waals surface area contributed by atoms with Gasteiger partial charge in [-0.3, -0.25) is 9.59 Å². The molecule has 0 bridgehead atoms. The van der Waals surface area contributed by atoms with E-state index in [4.69, 9.17) is 23.2 Å². The van der Waals surface area contributed by atoms with Crippen LogP contribution in [0, 0.1) is 11.8 Å². The van der Waals surface area contributed by atoms with Crippen molar-refractivity contribution in [3.63, 3.8) is 0 Å². The molecule has 1 amide bonds. The van der Waals surface area contributed by atoms with Crippen LogP contribution in [0.5, 0.6) is 0 Å². The number of carboxylic acids is 1. The summed E-state index contributed by atoms with van der Waals surface area (Å²) in [5.74, 6) is -3.95. The van der Waals surface area contributed by atoms with Crippen molar-refractivity contribution in [3.05, 3.63) is 46.0 Å². The highest BCUT2D eigenvalue weighted by molar-refractivity contribution is 6.42. The molecule has 140 valence electrons. The number of esters is 1. The molecule has 0 spiro atoms. The standard InChI is InChI=1S/C18H19Cl2NO5/c1-26-16(22)9-15(10-6-7-13(19)14(20)8-10)21-17(23)11-4-2-3-5-12(11)18(24)25/h2-3,6-8,11-12,15H,4-5,9H2,1H3,(H,21,23)(H,24,25)/p-1/t11-,12-,15-/m0/s1. The van der Waals surface area contributed by atoms with Crippen LogP contribution in [0.3, 0.4) is 0 Å². The smallest absolute Gasteiger partial charge is 0.307 e. The predicted molar refractivity (Wildman–Crippen MR) is 94.3 cm³/mol. The summed E-state index contributed by atoms with van der Waals surface area (Å²) < 4.78 is 4.68. The number of carboxylic acid groups (broad SMARTS) is 1. The molecule has 0 fully saturated rings. The molecule has 1 aromatic rings. The monoisotopic (exact) mass is 398 g/mol. The van der Waals surface area contributed by atoms with E-state index in [1.165, 1.54) is 7.11 Å². The first-order valence-electron chi connectivity index (χ1n) is 8.01. The predicted octanol–water partition coefficient (Wildman–Crippen LogP) is 2.05. The maximum Gasteiger partial charge on any atom is 0.307 e. The summed E-state index contributed by atoms with van der Waals surface area (Å²) in [6, 6.07) is 4.02. The van der Waals surface area contributed by atoms with Gasteiger partial charge in [-0.2, -0.15) is 0 Å². The third-order valence-corrected chi connectivity index (χ3v) is 5.07. The summed E-state index contributed by atoms with van der Waals surface area (Å²) in [5, 5.41) is 14.7. The Balaban J connectivity index is 2.23. The first-order chi connectivity index (χ1) is 12.3. The molecule has 0 aliphatic heterocycles. The first kappa shape index (κ1) is 20.3. The molecule has 0 unspecified atom stereocenters. The van der Waals surface area contributed by atoms with Gasteiger partial charge in [-0.05, 0) is 30.5 Å². The third kappa shape index (κ3) is 4.99. The van der Waals surface area contributed by atoms with Crippen molar-refractivity contribution in [3.8, 4) is 0 Å². The van der Waals surface area contributed by atoms with Crippen molar-refractivity contribution in [2.45, 2.75) is 25.3 Å². The summed E-state index contributed by atoms with van der Waals surface area (Å²) in [6.07, 6.45) is 3.87. The SMILES string of the molecule is COC(=O)C[C@H](NC(=O)[C@H]1CC=CC[C@@H]1C(=O)[O-])c1ccc(Cl)c(Cl)c1. The van der Waals surface area contributed by atoms with Crippen LogP contribution in [-0.4, -0.2) is 25.0 Å². The molecule has 0 heterocycles. The Bertz CT molecular complexity index is 734. The van der Waals surface area contributed by atoms with Gasteiger partial charge in [-0.15, -0.1) is 0 Å². The van der Waals surface area contributed by atoms with E-state index >= 15 is 0 Å². The van der Waals surface area contributed by atoms with Crippen LogP contribution in [0.1, 0.15) is 30.9 Å². The molecule has 1 aliphatic carbocycles. The van der Waals surface area contributed by atoms with Crippen LogP contribution in [-0.2, 0) is 19.1 Å². The van der Waals surface area contributed by atoms with Gasteiger partial charge in [-0.25, -0.2) is 0 Å². The lowest BCUT2D eigenvalue weighted by molar-refractivity contribution is -0.313. The Morgan fingerprint density at radius 2 is 1.85 bits per heavy atom. The van der Waals surface area contributed by atoms with Crippen molar-refractivity contribution < 1.29 is 24.2 Å². The number of amides is 1. The number of methoxy groups -OCH3 is 1. The van der Waals surface area contributed by atoms with Crippen molar-refractivity contribution in [1.29, 1.82) is 0 Å². The molecule has 0 aromatic heterocycles.